The molecule has 0 bridgehead atoms. The minimum atomic E-state index is -0.140. The topological polar surface area (TPSA) is 35.5 Å². The van der Waals surface area contributed by atoms with Crippen LogP contribution >= 0.6 is 0 Å². The average Bonchev–Trinajstić information content (AvgIpc) is 3.15. The zero-order valence-corrected chi connectivity index (χ0v) is 20.8. The number of rotatable bonds is 8. The Labute approximate surface area is 199 Å². The van der Waals surface area contributed by atoms with Crippen LogP contribution in [0.3, 0.4) is 0 Å². The van der Waals surface area contributed by atoms with Crippen molar-refractivity contribution in [2.75, 3.05) is 0 Å². The second-order valence-electron chi connectivity index (χ2n) is 11.0. The second-order valence-corrected chi connectivity index (χ2v) is 11.0. The number of carbonyl (C=O) groups is 1. The average molecular weight is 449 g/mol. The van der Waals surface area contributed by atoms with Crippen LogP contribution in [0.25, 0.3) is 0 Å². The number of benzene rings is 2. The van der Waals surface area contributed by atoms with Crippen LogP contribution in [0, 0.1) is 17.3 Å². The Kier molecular flexibility index (Phi) is 7.28. The van der Waals surface area contributed by atoms with Gasteiger partial charge in [0.15, 0.2) is 0 Å². The summed E-state index contributed by atoms with van der Waals surface area (Å²) in [4.78, 5) is 13.1. The van der Waals surface area contributed by atoms with Gasteiger partial charge in [0.05, 0.1) is 11.7 Å². The van der Waals surface area contributed by atoms with Gasteiger partial charge in [-0.25, -0.2) is 0 Å². The summed E-state index contributed by atoms with van der Waals surface area (Å²) in [5, 5.41) is 0. The number of hydrogen-bond acceptors (Lipinski definition) is 3. The summed E-state index contributed by atoms with van der Waals surface area (Å²) in [5.74, 6) is 1.97. The molecule has 0 heterocycles. The van der Waals surface area contributed by atoms with Crippen LogP contribution in [0.4, 0.5) is 0 Å². The van der Waals surface area contributed by atoms with Crippen molar-refractivity contribution in [1.29, 1.82) is 0 Å². The Bertz CT molecular complexity index is 929. The van der Waals surface area contributed by atoms with E-state index in [0.29, 0.717) is 24.7 Å². The van der Waals surface area contributed by atoms with Crippen molar-refractivity contribution in [2.24, 2.45) is 17.3 Å². The summed E-state index contributed by atoms with van der Waals surface area (Å²) in [7, 11) is 0. The predicted octanol–water partition coefficient (Wildman–Crippen LogP) is 7.17. The molecule has 2 saturated carbocycles. The fraction of sp³-hybridized carbons (Fsp3) is 0.567. The Morgan fingerprint density at radius 3 is 2.48 bits per heavy atom. The fourth-order valence-electron chi connectivity index (χ4n) is 6.34. The summed E-state index contributed by atoms with van der Waals surface area (Å²) in [6.07, 6.45) is 7.12. The molecule has 3 nitrogen and oxygen atoms in total. The van der Waals surface area contributed by atoms with Gasteiger partial charge in [-0.15, -0.1) is 0 Å². The minimum absolute atomic E-state index is 0.140. The largest absolute Gasteiger partial charge is 0.489 e. The molecule has 0 unspecified atom stereocenters. The zero-order chi connectivity index (χ0) is 23.5. The summed E-state index contributed by atoms with van der Waals surface area (Å²) >= 11 is 0. The summed E-state index contributed by atoms with van der Waals surface area (Å²) in [6.45, 7) is 9.34. The lowest BCUT2D eigenvalue weighted by atomic mass is 9.60. The smallest absolute Gasteiger partial charge is 0.136 e. The number of Topliss-reactive ketones (excluding diaryl/α,β-unsaturated/α-hetero) is 1. The first kappa shape index (κ1) is 24.0. The maximum atomic E-state index is 13.1. The molecule has 2 aromatic rings. The van der Waals surface area contributed by atoms with Crippen molar-refractivity contribution in [1.82, 2.24) is 0 Å². The van der Waals surface area contributed by atoms with Gasteiger partial charge in [-0.2, -0.15) is 0 Å². The maximum absolute atomic E-state index is 13.1. The molecule has 0 saturated heterocycles. The van der Waals surface area contributed by atoms with Gasteiger partial charge < -0.3 is 9.47 Å². The molecule has 0 spiro atoms. The van der Waals surface area contributed by atoms with Crippen molar-refractivity contribution >= 4 is 5.78 Å². The molecule has 2 aliphatic rings. The number of ketones is 1. The zero-order valence-electron chi connectivity index (χ0n) is 20.8. The number of hydrogen-bond donors (Lipinski definition) is 0. The van der Waals surface area contributed by atoms with Crippen molar-refractivity contribution in [3.63, 3.8) is 0 Å². The van der Waals surface area contributed by atoms with E-state index in [1.807, 2.05) is 24.3 Å². The Morgan fingerprint density at radius 2 is 1.76 bits per heavy atom. The van der Waals surface area contributed by atoms with E-state index in [1.165, 1.54) is 11.1 Å². The Balaban J connectivity index is 1.42. The number of carbonyl (C=O) groups excluding carboxylic acids is 1. The van der Waals surface area contributed by atoms with Crippen LogP contribution in [0.1, 0.15) is 77.3 Å². The van der Waals surface area contributed by atoms with Crippen molar-refractivity contribution < 1.29 is 14.3 Å². The third-order valence-electron chi connectivity index (χ3n) is 7.90. The Hall–Kier alpha value is -2.13. The molecule has 0 aliphatic heterocycles. The van der Waals surface area contributed by atoms with Crippen LogP contribution in [0.15, 0.2) is 54.6 Å². The van der Waals surface area contributed by atoms with Crippen LogP contribution in [0.2, 0.25) is 0 Å². The van der Waals surface area contributed by atoms with E-state index < -0.39 is 0 Å². The number of ether oxygens (including phenoxy) is 2. The first-order valence-electron chi connectivity index (χ1n) is 12.8. The monoisotopic (exact) mass is 448 g/mol. The van der Waals surface area contributed by atoms with Crippen molar-refractivity contribution in [3.05, 3.63) is 65.7 Å². The third kappa shape index (κ3) is 5.51. The highest BCUT2D eigenvalue weighted by atomic mass is 16.5. The highest BCUT2D eigenvalue weighted by Crippen LogP contribution is 2.58. The summed E-state index contributed by atoms with van der Waals surface area (Å²) in [5.41, 5.74) is 2.44. The van der Waals surface area contributed by atoms with E-state index in [4.69, 9.17) is 9.47 Å². The van der Waals surface area contributed by atoms with Gasteiger partial charge in [0.2, 0.25) is 0 Å². The van der Waals surface area contributed by atoms with Gasteiger partial charge in [0.1, 0.15) is 18.1 Å². The molecule has 33 heavy (non-hydrogen) atoms. The van der Waals surface area contributed by atoms with E-state index in [2.05, 4.69) is 58.0 Å². The standard InChI is InChI=1S/C30H40O3/c1-5-30-19-18-27(31)25(26(30)16-17-28(30)33-29(2,3)4)15-14-22-12-9-13-24(20-22)32-21-23-10-7-6-8-11-23/h6-13,20,25-26,28H,5,14-19,21H2,1-4H3/t25-,26-,28-,30-/m0/s1. The minimum Gasteiger partial charge on any atom is -0.489 e. The predicted molar refractivity (Wildman–Crippen MR) is 133 cm³/mol. The van der Waals surface area contributed by atoms with E-state index >= 15 is 0 Å². The fourth-order valence-corrected chi connectivity index (χ4v) is 6.34. The second kappa shape index (κ2) is 10.0. The summed E-state index contributed by atoms with van der Waals surface area (Å²) < 4.78 is 12.6. The van der Waals surface area contributed by atoms with E-state index in [9.17, 15) is 4.79 Å². The molecular weight excluding hydrogens is 408 g/mol. The van der Waals surface area contributed by atoms with Gasteiger partial charge in [-0.1, -0.05) is 49.4 Å². The highest BCUT2D eigenvalue weighted by molar-refractivity contribution is 5.82. The first-order chi connectivity index (χ1) is 15.8. The molecule has 0 radical (unpaired) electrons. The van der Waals surface area contributed by atoms with Crippen LogP contribution in [0.5, 0.6) is 5.75 Å². The third-order valence-corrected chi connectivity index (χ3v) is 7.90. The molecule has 178 valence electrons. The van der Waals surface area contributed by atoms with Gasteiger partial charge in [-0.05, 0) is 88.5 Å². The van der Waals surface area contributed by atoms with Gasteiger partial charge in [0, 0.05) is 17.8 Å². The first-order valence-corrected chi connectivity index (χ1v) is 12.8. The van der Waals surface area contributed by atoms with Crippen LogP contribution in [-0.2, 0) is 22.6 Å². The summed E-state index contributed by atoms with van der Waals surface area (Å²) in [6, 6.07) is 18.6. The van der Waals surface area contributed by atoms with Crippen molar-refractivity contribution in [2.45, 2.75) is 91.0 Å². The highest BCUT2D eigenvalue weighted by Gasteiger charge is 2.56. The molecular formula is C30H40O3. The van der Waals surface area contributed by atoms with Crippen LogP contribution in [-0.4, -0.2) is 17.5 Å². The lowest BCUT2D eigenvalue weighted by molar-refractivity contribution is -0.147. The molecule has 3 heteroatoms. The Morgan fingerprint density at radius 1 is 1.00 bits per heavy atom. The molecule has 4 rings (SSSR count). The maximum Gasteiger partial charge on any atom is 0.136 e. The van der Waals surface area contributed by atoms with E-state index in [0.717, 1.165) is 44.3 Å². The van der Waals surface area contributed by atoms with Gasteiger partial charge in [-0.3, -0.25) is 4.79 Å². The van der Waals surface area contributed by atoms with E-state index in [-0.39, 0.29) is 23.0 Å². The molecule has 4 atom stereocenters. The quantitative estimate of drug-likeness (QED) is 0.429. The lowest BCUT2D eigenvalue weighted by Gasteiger charge is -2.47. The lowest BCUT2D eigenvalue weighted by Crippen LogP contribution is -2.47. The molecule has 0 N–H and O–H groups in total. The van der Waals surface area contributed by atoms with Crippen molar-refractivity contribution in [3.8, 4) is 5.75 Å². The molecule has 2 aromatic carbocycles. The number of aryl methyl sites for hydroxylation is 1. The molecule has 0 aromatic heterocycles. The van der Waals surface area contributed by atoms with Gasteiger partial charge in [0.25, 0.3) is 0 Å². The normalized spacial score (nSPS) is 27.4. The SMILES string of the molecule is CC[C@]12CCC(=O)[C@@H](CCc3cccc(OCc4ccccc4)c3)[C@@H]1CC[C@@H]2OC(C)(C)C. The molecule has 2 aliphatic carbocycles. The number of fused-ring (bicyclic) bond motifs is 1. The van der Waals surface area contributed by atoms with Gasteiger partial charge >= 0.3 is 0 Å². The molecule has 0 amide bonds. The van der Waals surface area contributed by atoms with E-state index in [1.54, 1.807) is 0 Å². The van der Waals surface area contributed by atoms with Crippen LogP contribution < -0.4 is 4.74 Å². The molecule has 2 fully saturated rings.